The highest BCUT2D eigenvalue weighted by molar-refractivity contribution is 7.09. The Labute approximate surface area is 124 Å². The summed E-state index contributed by atoms with van der Waals surface area (Å²) in [5.74, 6) is 0. The Morgan fingerprint density at radius 3 is 2.70 bits per heavy atom. The van der Waals surface area contributed by atoms with Crippen LogP contribution in [-0.4, -0.2) is 11.1 Å². The first-order valence-electron chi connectivity index (χ1n) is 7.35. The van der Waals surface area contributed by atoms with Crippen LogP contribution in [-0.2, 0) is 6.54 Å². The molecular formula is C17H21NOS. The number of nitrogens with zero attached hydrogens (tertiary/aromatic N) is 1. The Morgan fingerprint density at radius 2 is 2.05 bits per heavy atom. The fourth-order valence-electron chi connectivity index (χ4n) is 2.62. The molecule has 0 radical (unpaired) electrons. The van der Waals surface area contributed by atoms with E-state index in [0.717, 1.165) is 18.5 Å². The third kappa shape index (κ3) is 2.89. The zero-order valence-corrected chi connectivity index (χ0v) is 12.6. The number of hydrogen-bond donors (Lipinski definition) is 1. The van der Waals surface area contributed by atoms with Gasteiger partial charge in [-0.2, -0.15) is 0 Å². The minimum atomic E-state index is -0.365. The molecule has 0 amide bonds. The standard InChI is InChI=1S/C17H21NOS/c1-2-17(19)15-7-3-4-8-16(15)18(13-9-10-13)12-14-6-5-11-20-14/h3-8,11,13,17,19H,2,9-10,12H2,1H3. The lowest BCUT2D eigenvalue weighted by Crippen LogP contribution is -2.26. The molecule has 1 unspecified atom stereocenters. The molecule has 0 aliphatic heterocycles. The van der Waals surface area contributed by atoms with Gasteiger partial charge < -0.3 is 10.0 Å². The summed E-state index contributed by atoms with van der Waals surface area (Å²) in [6.45, 7) is 2.98. The van der Waals surface area contributed by atoms with E-state index in [2.05, 4.69) is 40.6 Å². The molecule has 1 aromatic heterocycles. The number of para-hydroxylation sites is 1. The summed E-state index contributed by atoms with van der Waals surface area (Å²) >= 11 is 1.81. The maximum absolute atomic E-state index is 10.3. The number of hydrogen-bond acceptors (Lipinski definition) is 3. The summed E-state index contributed by atoms with van der Waals surface area (Å²) < 4.78 is 0. The molecule has 0 spiro atoms. The molecule has 0 bridgehead atoms. The van der Waals surface area contributed by atoms with E-state index >= 15 is 0 Å². The fourth-order valence-corrected chi connectivity index (χ4v) is 3.32. The normalized spacial score (nSPS) is 16.1. The Bertz CT molecular complexity index is 548. The van der Waals surface area contributed by atoms with Gasteiger partial charge >= 0.3 is 0 Å². The fraction of sp³-hybridized carbons (Fsp3) is 0.412. The predicted molar refractivity (Wildman–Crippen MR) is 85.2 cm³/mol. The lowest BCUT2D eigenvalue weighted by molar-refractivity contribution is 0.174. The Kier molecular flexibility index (Phi) is 4.08. The van der Waals surface area contributed by atoms with Crippen molar-refractivity contribution in [2.75, 3.05) is 4.90 Å². The van der Waals surface area contributed by atoms with E-state index in [0.29, 0.717) is 6.04 Å². The summed E-state index contributed by atoms with van der Waals surface area (Å²) in [5, 5.41) is 12.4. The maximum Gasteiger partial charge on any atom is 0.0807 e. The van der Waals surface area contributed by atoms with Crippen molar-refractivity contribution in [3.63, 3.8) is 0 Å². The highest BCUT2D eigenvalue weighted by Gasteiger charge is 2.31. The van der Waals surface area contributed by atoms with Gasteiger partial charge in [0.15, 0.2) is 0 Å². The molecule has 1 aliphatic carbocycles. The minimum absolute atomic E-state index is 0.365. The van der Waals surface area contributed by atoms with Gasteiger partial charge in [0.1, 0.15) is 0 Å². The summed E-state index contributed by atoms with van der Waals surface area (Å²) in [6, 6.07) is 13.3. The second-order valence-corrected chi connectivity index (χ2v) is 6.45. The van der Waals surface area contributed by atoms with E-state index in [9.17, 15) is 5.11 Å². The predicted octanol–water partition coefficient (Wildman–Crippen LogP) is 4.36. The molecule has 1 N–H and O–H groups in total. The van der Waals surface area contributed by atoms with Gasteiger partial charge in [-0.05, 0) is 36.8 Å². The van der Waals surface area contributed by atoms with E-state index in [1.165, 1.54) is 23.4 Å². The van der Waals surface area contributed by atoms with Crippen molar-refractivity contribution in [2.45, 2.75) is 44.9 Å². The number of aliphatic hydroxyl groups excluding tert-OH is 1. The smallest absolute Gasteiger partial charge is 0.0807 e. The summed E-state index contributed by atoms with van der Waals surface area (Å²) in [4.78, 5) is 3.86. The third-order valence-corrected chi connectivity index (χ3v) is 4.75. The number of benzene rings is 1. The Balaban J connectivity index is 1.91. The van der Waals surface area contributed by atoms with E-state index in [4.69, 9.17) is 0 Å². The molecule has 1 heterocycles. The first-order chi connectivity index (χ1) is 9.79. The van der Waals surface area contributed by atoms with Crippen LogP contribution in [0.5, 0.6) is 0 Å². The molecule has 1 saturated carbocycles. The van der Waals surface area contributed by atoms with Crippen LogP contribution in [0.15, 0.2) is 41.8 Å². The molecule has 3 heteroatoms. The highest BCUT2D eigenvalue weighted by atomic mass is 32.1. The second kappa shape index (κ2) is 5.98. The zero-order valence-electron chi connectivity index (χ0n) is 11.8. The van der Waals surface area contributed by atoms with Crippen LogP contribution in [0.1, 0.15) is 42.7 Å². The minimum Gasteiger partial charge on any atom is -0.388 e. The van der Waals surface area contributed by atoms with Gasteiger partial charge in [0.25, 0.3) is 0 Å². The van der Waals surface area contributed by atoms with Crippen molar-refractivity contribution in [3.05, 3.63) is 52.2 Å². The van der Waals surface area contributed by atoms with Gasteiger partial charge in [0.2, 0.25) is 0 Å². The van der Waals surface area contributed by atoms with Crippen LogP contribution >= 0.6 is 11.3 Å². The van der Waals surface area contributed by atoms with E-state index in [1.54, 1.807) is 11.3 Å². The summed E-state index contributed by atoms with van der Waals surface area (Å²) in [7, 11) is 0. The Morgan fingerprint density at radius 1 is 1.25 bits per heavy atom. The van der Waals surface area contributed by atoms with Crippen LogP contribution in [0.3, 0.4) is 0 Å². The van der Waals surface area contributed by atoms with Gasteiger partial charge in [-0.1, -0.05) is 31.2 Å². The molecule has 2 aromatic rings. The SMILES string of the molecule is CCC(O)c1ccccc1N(Cc1cccs1)C1CC1. The van der Waals surface area contributed by atoms with Crippen LogP contribution in [0, 0.1) is 0 Å². The molecule has 1 fully saturated rings. The molecular weight excluding hydrogens is 266 g/mol. The van der Waals surface area contributed by atoms with Crippen molar-refractivity contribution < 1.29 is 5.11 Å². The number of anilines is 1. The van der Waals surface area contributed by atoms with E-state index in [-0.39, 0.29) is 6.10 Å². The summed E-state index contributed by atoms with van der Waals surface area (Å²) in [6.07, 6.45) is 2.93. The summed E-state index contributed by atoms with van der Waals surface area (Å²) in [5.41, 5.74) is 2.27. The third-order valence-electron chi connectivity index (χ3n) is 3.89. The molecule has 1 atom stereocenters. The van der Waals surface area contributed by atoms with E-state index < -0.39 is 0 Å². The zero-order chi connectivity index (χ0) is 13.9. The molecule has 2 nitrogen and oxygen atoms in total. The molecule has 1 aromatic carbocycles. The van der Waals surface area contributed by atoms with Gasteiger partial charge in [0, 0.05) is 22.2 Å². The maximum atomic E-state index is 10.3. The highest BCUT2D eigenvalue weighted by Crippen LogP contribution is 2.37. The Hall–Kier alpha value is -1.32. The first kappa shape index (κ1) is 13.7. The number of rotatable bonds is 6. The lowest BCUT2D eigenvalue weighted by atomic mass is 10.0. The van der Waals surface area contributed by atoms with Crippen LogP contribution in [0.4, 0.5) is 5.69 Å². The van der Waals surface area contributed by atoms with Crippen molar-refractivity contribution in [1.29, 1.82) is 0 Å². The monoisotopic (exact) mass is 287 g/mol. The van der Waals surface area contributed by atoms with Crippen molar-refractivity contribution >= 4 is 17.0 Å². The molecule has 3 rings (SSSR count). The quantitative estimate of drug-likeness (QED) is 0.853. The first-order valence-corrected chi connectivity index (χ1v) is 8.23. The largest absolute Gasteiger partial charge is 0.388 e. The topological polar surface area (TPSA) is 23.5 Å². The van der Waals surface area contributed by atoms with Gasteiger partial charge in [-0.25, -0.2) is 0 Å². The lowest BCUT2D eigenvalue weighted by Gasteiger charge is -2.28. The molecule has 0 saturated heterocycles. The van der Waals surface area contributed by atoms with Crippen LogP contribution in [0.2, 0.25) is 0 Å². The van der Waals surface area contributed by atoms with Crippen LogP contribution in [0.25, 0.3) is 0 Å². The van der Waals surface area contributed by atoms with Crippen LogP contribution < -0.4 is 4.90 Å². The second-order valence-electron chi connectivity index (χ2n) is 5.42. The molecule has 1 aliphatic rings. The number of thiophene rings is 1. The van der Waals surface area contributed by atoms with Crippen molar-refractivity contribution in [1.82, 2.24) is 0 Å². The van der Waals surface area contributed by atoms with Gasteiger partial charge in [-0.3, -0.25) is 0 Å². The van der Waals surface area contributed by atoms with Gasteiger partial charge in [0.05, 0.1) is 12.6 Å². The average Bonchev–Trinajstić information content (AvgIpc) is 3.20. The van der Waals surface area contributed by atoms with Crippen molar-refractivity contribution in [3.8, 4) is 0 Å². The van der Waals surface area contributed by atoms with E-state index in [1.807, 2.05) is 13.0 Å². The molecule has 106 valence electrons. The van der Waals surface area contributed by atoms with Gasteiger partial charge in [-0.15, -0.1) is 11.3 Å². The van der Waals surface area contributed by atoms with Crippen molar-refractivity contribution in [2.24, 2.45) is 0 Å². The average molecular weight is 287 g/mol. The number of aliphatic hydroxyl groups is 1. The molecule has 20 heavy (non-hydrogen) atoms.